The molecule has 5 heteroatoms. The van der Waals surface area contributed by atoms with Gasteiger partial charge in [0, 0.05) is 11.3 Å². The van der Waals surface area contributed by atoms with Gasteiger partial charge < -0.3 is 15.3 Å². The molecule has 0 bridgehead atoms. The summed E-state index contributed by atoms with van der Waals surface area (Å²) in [6.45, 7) is 0. The molecule has 0 aliphatic heterocycles. The van der Waals surface area contributed by atoms with E-state index in [1.54, 1.807) is 24.3 Å². The highest BCUT2D eigenvalue weighted by molar-refractivity contribution is 5.85. The lowest BCUT2D eigenvalue weighted by molar-refractivity contribution is 0.0690. The Morgan fingerprint density at radius 2 is 2.27 bits per heavy atom. The van der Waals surface area contributed by atoms with Gasteiger partial charge in [0.25, 0.3) is 0 Å². The van der Waals surface area contributed by atoms with E-state index in [4.69, 9.17) is 15.3 Å². The maximum absolute atomic E-state index is 10.6. The fourth-order valence-corrected chi connectivity index (χ4v) is 1.18. The first-order valence-electron chi connectivity index (χ1n) is 4.21. The smallest absolute Gasteiger partial charge is 0.357 e. The highest BCUT2D eigenvalue weighted by Crippen LogP contribution is 2.20. The van der Waals surface area contributed by atoms with Gasteiger partial charge in [0.1, 0.15) is 6.26 Å². The Hall–Kier alpha value is -2.30. The van der Waals surface area contributed by atoms with Gasteiger partial charge in [0.05, 0.1) is 0 Å². The first kappa shape index (κ1) is 9.26. The summed E-state index contributed by atoms with van der Waals surface area (Å²) in [4.78, 5) is 14.4. The molecule has 1 heterocycles. The highest BCUT2D eigenvalue weighted by atomic mass is 16.4. The van der Waals surface area contributed by atoms with Gasteiger partial charge in [-0.1, -0.05) is 6.07 Å². The van der Waals surface area contributed by atoms with Crippen molar-refractivity contribution in [3.8, 4) is 11.5 Å². The zero-order valence-corrected chi connectivity index (χ0v) is 7.68. The molecule has 3 N–H and O–H groups in total. The molecule has 0 aliphatic rings. The number of nitrogens with two attached hydrogens (primary N) is 1. The normalized spacial score (nSPS) is 10.1. The van der Waals surface area contributed by atoms with Crippen LogP contribution in [0.15, 0.2) is 34.9 Å². The van der Waals surface area contributed by atoms with Crippen LogP contribution in [0.4, 0.5) is 5.69 Å². The standard InChI is InChI=1S/C10H8N2O3/c11-7-3-1-2-6(4-7)9-12-8(5-15-9)10(13)14/h1-5H,11H2,(H,13,14). The number of hydrogen-bond donors (Lipinski definition) is 2. The molecular weight excluding hydrogens is 196 g/mol. The number of hydrogen-bond acceptors (Lipinski definition) is 4. The van der Waals surface area contributed by atoms with E-state index in [9.17, 15) is 4.79 Å². The number of nitrogens with zero attached hydrogens (tertiary/aromatic N) is 1. The fourth-order valence-electron chi connectivity index (χ4n) is 1.18. The van der Waals surface area contributed by atoms with Crippen molar-refractivity contribution in [2.75, 3.05) is 5.73 Å². The second kappa shape index (κ2) is 3.45. The molecule has 1 aromatic heterocycles. The number of benzene rings is 1. The molecule has 2 rings (SSSR count). The molecule has 5 nitrogen and oxygen atoms in total. The molecule has 15 heavy (non-hydrogen) atoms. The van der Waals surface area contributed by atoms with Crippen molar-refractivity contribution in [2.24, 2.45) is 0 Å². The minimum absolute atomic E-state index is 0.118. The van der Waals surface area contributed by atoms with Crippen LogP contribution in [-0.2, 0) is 0 Å². The zero-order valence-electron chi connectivity index (χ0n) is 7.68. The summed E-state index contributed by atoms with van der Waals surface area (Å²) >= 11 is 0. The molecule has 0 radical (unpaired) electrons. The maximum atomic E-state index is 10.6. The number of carbonyl (C=O) groups is 1. The predicted octanol–water partition coefficient (Wildman–Crippen LogP) is 1.62. The van der Waals surface area contributed by atoms with Gasteiger partial charge in [-0.25, -0.2) is 9.78 Å². The molecule has 2 aromatic rings. The molecule has 0 atom stereocenters. The number of aromatic nitrogens is 1. The average molecular weight is 204 g/mol. The largest absolute Gasteiger partial charge is 0.476 e. The molecule has 0 spiro atoms. The van der Waals surface area contributed by atoms with Crippen molar-refractivity contribution in [2.45, 2.75) is 0 Å². The summed E-state index contributed by atoms with van der Waals surface area (Å²) in [5.41, 5.74) is 6.69. The zero-order chi connectivity index (χ0) is 10.8. The number of nitrogen functional groups attached to an aromatic ring is 1. The molecule has 76 valence electrons. The van der Waals surface area contributed by atoms with Gasteiger partial charge in [0.15, 0.2) is 5.69 Å². The number of carboxylic acids is 1. The van der Waals surface area contributed by atoms with E-state index < -0.39 is 5.97 Å². The summed E-state index contributed by atoms with van der Waals surface area (Å²) < 4.78 is 5.02. The van der Waals surface area contributed by atoms with Crippen LogP contribution in [0.3, 0.4) is 0 Å². The molecule has 0 aliphatic carbocycles. The number of anilines is 1. The maximum Gasteiger partial charge on any atom is 0.357 e. The van der Waals surface area contributed by atoms with E-state index in [-0.39, 0.29) is 11.6 Å². The predicted molar refractivity (Wildman–Crippen MR) is 53.3 cm³/mol. The Bertz CT molecular complexity index is 505. The monoisotopic (exact) mass is 204 g/mol. The van der Waals surface area contributed by atoms with Gasteiger partial charge in [-0.05, 0) is 18.2 Å². The van der Waals surface area contributed by atoms with Crippen molar-refractivity contribution in [3.05, 3.63) is 36.2 Å². The van der Waals surface area contributed by atoms with Crippen molar-refractivity contribution in [1.82, 2.24) is 4.98 Å². The summed E-state index contributed by atoms with van der Waals surface area (Å²) in [6, 6.07) is 6.88. The first-order valence-corrected chi connectivity index (χ1v) is 4.21. The first-order chi connectivity index (χ1) is 7.16. The third-order valence-electron chi connectivity index (χ3n) is 1.86. The van der Waals surface area contributed by atoms with Crippen LogP contribution >= 0.6 is 0 Å². The number of aromatic carboxylic acids is 1. The van der Waals surface area contributed by atoms with Crippen molar-refractivity contribution in [1.29, 1.82) is 0 Å². The van der Waals surface area contributed by atoms with E-state index in [1.165, 1.54) is 0 Å². The molecule has 0 saturated carbocycles. The van der Waals surface area contributed by atoms with E-state index >= 15 is 0 Å². The molecule has 0 saturated heterocycles. The number of oxazole rings is 1. The van der Waals surface area contributed by atoms with Crippen LogP contribution in [0.25, 0.3) is 11.5 Å². The number of carboxylic acid groups (broad SMARTS) is 1. The molecule has 1 aromatic carbocycles. The van der Waals surface area contributed by atoms with E-state index in [2.05, 4.69) is 4.98 Å². The topological polar surface area (TPSA) is 89.3 Å². The summed E-state index contributed by atoms with van der Waals surface area (Å²) in [7, 11) is 0. The van der Waals surface area contributed by atoms with Crippen LogP contribution in [-0.4, -0.2) is 16.1 Å². The van der Waals surface area contributed by atoms with Crippen LogP contribution < -0.4 is 5.73 Å². The van der Waals surface area contributed by atoms with Crippen molar-refractivity contribution < 1.29 is 14.3 Å². The van der Waals surface area contributed by atoms with Gasteiger partial charge >= 0.3 is 5.97 Å². The highest BCUT2D eigenvalue weighted by Gasteiger charge is 2.11. The Kier molecular flexibility index (Phi) is 2.13. The summed E-state index contributed by atoms with van der Waals surface area (Å²) in [5, 5.41) is 8.65. The lowest BCUT2D eigenvalue weighted by atomic mass is 10.2. The van der Waals surface area contributed by atoms with E-state index in [0.29, 0.717) is 11.3 Å². The van der Waals surface area contributed by atoms with Gasteiger partial charge in [0.2, 0.25) is 5.89 Å². The molecular formula is C10H8N2O3. The minimum atomic E-state index is -1.12. The van der Waals surface area contributed by atoms with Crippen LogP contribution in [0.2, 0.25) is 0 Å². The molecule has 0 unspecified atom stereocenters. The Balaban J connectivity index is 2.41. The lowest BCUT2D eigenvalue weighted by Gasteiger charge is -1.95. The second-order valence-electron chi connectivity index (χ2n) is 2.97. The number of rotatable bonds is 2. The van der Waals surface area contributed by atoms with E-state index in [1.807, 2.05) is 0 Å². The third-order valence-corrected chi connectivity index (χ3v) is 1.86. The summed E-state index contributed by atoms with van der Waals surface area (Å²) in [6.07, 6.45) is 1.10. The van der Waals surface area contributed by atoms with Crippen LogP contribution in [0.1, 0.15) is 10.5 Å². The average Bonchev–Trinajstić information content (AvgIpc) is 2.66. The minimum Gasteiger partial charge on any atom is -0.476 e. The summed E-state index contributed by atoms with van der Waals surface area (Å²) in [5.74, 6) is -0.867. The van der Waals surface area contributed by atoms with Crippen molar-refractivity contribution in [3.63, 3.8) is 0 Å². The van der Waals surface area contributed by atoms with E-state index in [0.717, 1.165) is 6.26 Å². The Labute approximate surface area is 85.2 Å². The van der Waals surface area contributed by atoms with Gasteiger partial charge in [-0.15, -0.1) is 0 Å². The van der Waals surface area contributed by atoms with Crippen LogP contribution in [0, 0.1) is 0 Å². The van der Waals surface area contributed by atoms with Gasteiger partial charge in [-0.3, -0.25) is 0 Å². The SMILES string of the molecule is Nc1cccc(-c2nc(C(=O)O)co2)c1. The van der Waals surface area contributed by atoms with Crippen molar-refractivity contribution >= 4 is 11.7 Å². The Morgan fingerprint density at radius 3 is 2.87 bits per heavy atom. The fraction of sp³-hybridized carbons (Fsp3) is 0. The van der Waals surface area contributed by atoms with Gasteiger partial charge in [-0.2, -0.15) is 0 Å². The lowest BCUT2D eigenvalue weighted by Crippen LogP contribution is -1.95. The quantitative estimate of drug-likeness (QED) is 0.725. The molecule has 0 fully saturated rings. The Morgan fingerprint density at radius 1 is 1.47 bits per heavy atom. The third kappa shape index (κ3) is 1.80. The molecule has 0 amide bonds. The second-order valence-corrected chi connectivity index (χ2v) is 2.97. The van der Waals surface area contributed by atoms with Crippen LogP contribution in [0.5, 0.6) is 0 Å².